The van der Waals surface area contributed by atoms with Crippen LogP contribution in [0.3, 0.4) is 0 Å². The lowest BCUT2D eigenvalue weighted by atomic mass is 10.1. The van der Waals surface area contributed by atoms with Crippen molar-refractivity contribution in [1.82, 2.24) is 0 Å². The van der Waals surface area contributed by atoms with Crippen LogP contribution in [0.5, 0.6) is 0 Å². The van der Waals surface area contributed by atoms with E-state index in [2.05, 4.69) is 0 Å². The van der Waals surface area contributed by atoms with Crippen LogP contribution in [0.2, 0.25) is 0 Å². The molecule has 1 heterocycles. The maximum atomic E-state index is 12.4. The molecule has 4 nitrogen and oxygen atoms in total. The number of thioether (sulfide) groups is 1. The van der Waals surface area contributed by atoms with E-state index in [1.807, 2.05) is 36.4 Å². The Morgan fingerprint density at radius 2 is 1.90 bits per heavy atom. The van der Waals surface area contributed by atoms with Crippen molar-refractivity contribution < 1.29 is 14.7 Å². The number of hydrogen-bond donors (Lipinski definition) is 1. The maximum absolute atomic E-state index is 12.4. The third kappa shape index (κ3) is 2.66. The molecule has 1 aliphatic heterocycles. The van der Waals surface area contributed by atoms with E-state index in [0.29, 0.717) is 11.4 Å². The minimum Gasteiger partial charge on any atom is -0.396 e. The van der Waals surface area contributed by atoms with Crippen molar-refractivity contribution in [3.05, 3.63) is 42.5 Å². The second-order valence-corrected chi connectivity index (χ2v) is 6.20. The van der Waals surface area contributed by atoms with Crippen LogP contribution in [0.25, 0.3) is 10.8 Å². The van der Waals surface area contributed by atoms with Gasteiger partial charge in [0.05, 0.1) is 17.5 Å². The SMILES string of the molecule is O=C1C[C@H](SCCO)C(=O)N1c1ccc2ccccc2c1. The first kappa shape index (κ1) is 14.1. The smallest absolute Gasteiger partial charge is 0.247 e. The molecule has 0 saturated carbocycles. The average molecular weight is 301 g/mol. The zero-order valence-electron chi connectivity index (χ0n) is 11.4. The van der Waals surface area contributed by atoms with Crippen molar-refractivity contribution in [2.24, 2.45) is 0 Å². The molecule has 0 radical (unpaired) electrons. The zero-order valence-corrected chi connectivity index (χ0v) is 12.2. The van der Waals surface area contributed by atoms with Gasteiger partial charge in [-0.05, 0) is 22.9 Å². The Kier molecular flexibility index (Phi) is 3.94. The van der Waals surface area contributed by atoms with E-state index in [-0.39, 0.29) is 30.1 Å². The van der Waals surface area contributed by atoms with Gasteiger partial charge in [-0.15, -0.1) is 11.8 Å². The van der Waals surface area contributed by atoms with E-state index in [1.54, 1.807) is 6.07 Å². The van der Waals surface area contributed by atoms with Gasteiger partial charge in [0, 0.05) is 12.2 Å². The number of nitrogens with zero attached hydrogens (tertiary/aromatic N) is 1. The van der Waals surface area contributed by atoms with Crippen molar-refractivity contribution >= 4 is 40.0 Å². The topological polar surface area (TPSA) is 57.6 Å². The molecular formula is C16H15NO3S. The quantitative estimate of drug-likeness (QED) is 0.880. The first-order valence-corrected chi connectivity index (χ1v) is 7.83. The first-order valence-electron chi connectivity index (χ1n) is 6.79. The molecule has 0 unspecified atom stereocenters. The minimum absolute atomic E-state index is 0.0125. The summed E-state index contributed by atoms with van der Waals surface area (Å²) in [7, 11) is 0. The molecule has 0 spiro atoms. The Labute approximate surface area is 126 Å². The lowest BCUT2D eigenvalue weighted by Crippen LogP contribution is -2.31. The molecule has 1 aliphatic rings. The van der Waals surface area contributed by atoms with Gasteiger partial charge in [0.1, 0.15) is 0 Å². The predicted octanol–water partition coefficient (Wildman–Crippen LogP) is 2.20. The minimum atomic E-state index is -0.379. The number of aliphatic hydroxyl groups is 1. The Bertz CT molecular complexity index is 701. The fourth-order valence-electron chi connectivity index (χ4n) is 2.52. The molecule has 1 fully saturated rings. The number of carbonyl (C=O) groups excluding carboxylic acids is 2. The van der Waals surface area contributed by atoms with Crippen molar-refractivity contribution in [1.29, 1.82) is 0 Å². The molecule has 5 heteroatoms. The Morgan fingerprint density at radius 3 is 2.67 bits per heavy atom. The van der Waals surface area contributed by atoms with Gasteiger partial charge in [-0.2, -0.15) is 0 Å². The van der Waals surface area contributed by atoms with E-state index in [4.69, 9.17) is 5.11 Å². The highest BCUT2D eigenvalue weighted by Gasteiger charge is 2.39. The molecule has 0 bridgehead atoms. The van der Waals surface area contributed by atoms with Crippen LogP contribution >= 0.6 is 11.8 Å². The van der Waals surface area contributed by atoms with Crippen molar-refractivity contribution in [2.75, 3.05) is 17.3 Å². The van der Waals surface area contributed by atoms with Crippen LogP contribution < -0.4 is 4.90 Å². The van der Waals surface area contributed by atoms with E-state index in [1.165, 1.54) is 16.7 Å². The molecule has 2 amide bonds. The number of benzene rings is 2. The van der Waals surface area contributed by atoms with Crippen LogP contribution in [0.1, 0.15) is 6.42 Å². The number of rotatable bonds is 4. The third-order valence-electron chi connectivity index (χ3n) is 3.51. The largest absolute Gasteiger partial charge is 0.396 e. The van der Waals surface area contributed by atoms with Gasteiger partial charge in [-0.3, -0.25) is 9.59 Å². The maximum Gasteiger partial charge on any atom is 0.247 e. The summed E-state index contributed by atoms with van der Waals surface area (Å²) in [5.74, 6) is 0.106. The number of carbonyl (C=O) groups is 2. The fraction of sp³-hybridized carbons (Fsp3) is 0.250. The Balaban J connectivity index is 1.90. The Hall–Kier alpha value is -1.85. The van der Waals surface area contributed by atoms with Crippen molar-refractivity contribution in [3.8, 4) is 0 Å². The number of aliphatic hydroxyl groups excluding tert-OH is 1. The second-order valence-electron chi connectivity index (χ2n) is 4.89. The van der Waals surface area contributed by atoms with Crippen molar-refractivity contribution in [2.45, 2.75) is 11.7 Å². The van der Waals surface area contributed by atoms with Gasteiger partial charge in [0.25, 0.3) is 0 Å². The van der Waals surface area contributed by atoms with E-state index < -0.39 is 0 Å². The number of hydrogen-bond acceptors (Lipinski definition) is 4. The van der Waals surface area contributed by atoms with Crippen molar-refractivity contribution in [3.63, 3.8) is 0 Å². The molecule has 2 aromatic rings. The molecule has 1 atom stereocenters. The van der Waals surface area contributed by atoms with Gasteiger partial charge < -0.3 is 5.11 Å². The fourth-order valence-corrected chi connectivity index (χ4v) is 3.41. The van der Waals surface area contributed by atoms with Crippen LogP contribution in [0.15, 0.2) is 42.5 Å². The Morgan fingerprint density at radius 1 is 1.14 bits per heavy atom. The highest BCUT2D eigenvalue weighted by atomic mass is 32.2. The summed E-state index contributed by atoms with van der Waals surface area (Å²) in [5, 5.41) is 10.5. The summed E-state index contributed by atoms with van der Waals surface area (Å²) >= 11 is 1.34. The van der Waals surface area contributed by atoms with Gasteiger partial charge in [0.15, 0.2) is 0 Å². The highest BCUT2D eigenvalue weighted by molar-refractivity contribution is 8.00. The summed E-state index contributed by atoms with van der Waals surface area (Å²) in [4.78, 5) is 25.8. The molecule has 0 aromatic heterocycles. The molecule has 1 saturated heterocycles. The molecule has 0 aliphatic carbocycles. The zero-order chi connectivity index (χ0) is 14.8. The summed E-state index contributed by atoms with van der Waals surface area (Å²) < 4.78 is 0. The molecular weight excluding hydrogens is 286 g/mol. The number of amides is 2. The van der Waals surface area contributed by atoms with Gasteiger partial charge in [0.2, 0.25) is 11.8 Å². The number of imide groups is 1. The average Bonchev–Trinajstić information content (AvgIpc) is 2.79. The predicted molar refractivity (Wildman–Crippen MR) is 84.4 cm³/mol. The first-order chi connectivity index (χ1) is 10.2. The number of fused-ring (bicyclic) bond motifs is 1. The molecule has 1 N–H and O–H groups in total. The summed E-state index contributed by atoms with van der Waals surface area (Å²) in [6.07, 6.45) is 0.205. The molecule has 108 valence electrons. The van der Waals surface area contributed by atoms with E-state index >= 15 is 0 Å². The van der Waals surface area contributed by atoms with Crippen LogP contribution in [0.4, 0.5) is 5.69 Å². The van der Waals surface area contributed by atoms with E-state index in [9.17, 15) is 9.59 Å². The van der Waals surface area contributed by atoms with Gasteiger partial charge >= 0.3 is 0 Å². The van der Waals surface area contributed by atoms with Crippen LogP contribution in [-0.2, 0) is 9.59 Å². The standard InChI is InChI=1S/C16H15NO3S/c18-7-8-21-14-10-15(19)17(16(14)20)13-6-5-11-3-1-2-4-12(11)9-13/h1-6,9,14,18H,7-8,10H2/t14-/m0/s1. The summed E-state index contributed by atoms with van der Waals surface area (Å²) in [5.41, 5.74) is 0.621. The van der Waals surface area contributed by atoms with E-state index in [0.717, 1.165) is 10.8 Å². The third-order valence-corrected chi connectivity index (χ3v) is 4.70. The number of anilines is 1. The highest BCUT2D eigenvalue weighted by Crippen LogP contribution is 2.31. The van der Waals surface area contributed by atoms with Gasteiger partial charge in [-0.25, -0.2) is 4.90 Å². The summed E-state index contributed by atoms with van der Waals surface area (Å²) in [6.45, 7) is 0.0125. The molecule has 21 heavy (non-hydrogen) atoms. The molecule has 2 aromatic carbocycles. The lowest BCUT2D eigenvalue weighted by Gasteiger charge is -2.15. The van der Waals surface area contributed by atoms with Gasteiger partial charge in [-0.1, -0.05) is 30.3 Å². The second kappa shape index (κ2) is 5.87. The van der Waals surface area contributed by atoms with Crippen LogP contribution in [-0.4, -0.2) is 34.5 Å². The summed E-state index contributed by atoms with van der Waals surface area (Å²) in [6, 6.07) is 13.4. The monoisotopic (exact) mass is 301 g/mol. The van der Waals surface area contributed by atoms with Crippen LogP contribution in [0, 0.1) is 0 Å². The lowest BCUT2D eigenvalue weighted by molar-refractivity contribution is -0.121. The normalized spacial score (nSPS) is 18.7. The molecule has 3 rings (SSSR count).